The predicted molar refractivity (Wildman–Crippen MR) is 54.5 cm³/mol. The van der Waals surface area contributed by atoms with Gasteiger partial charge < -0.3 is 5.11 Å². The van der Waals surface area contributed by atoms with Crippen LogP contribution in [0.1, 0.15) is 40.0 Å². The molecule has 2 nitrogen and oxygen atoms in total. The summed E-state index contributed by atoms with van der Waals surface area (Å²) < 4.78 is 0. The predicted octanol–water partition coefficient (Wildman–Crippen LogP) is 2.32. The van der Waals surface area contributed by atoms with E-state index in [1.165, 1.54) is 13.0 Å². The van der Waals surface area contributed by atoms with Crippen molar-refractivity contribution in [2.75, 3.05) is 0 Å². The number of aliphatic hydroxyl groups excluding tert-OH is 1. The van der Waals surface area contributed by atoms with Gasteiger partial charge in [0.1, 0.15) is 0 Å². The molecule has 0 spiro atoms. The van der Waals surface area contributed by atoms with E-state index in [2.05, 4.69) is 13.8 Å². The third kappa shape index (κ3) is 9.28. The fraction of sp³-hybridized carbons (Fsp3) is 0.727. The molecule has 0 bridgehead atoms. The van der Waals surface area contributed by atoms with Gasteiger partial charge in [-0.1, -0.05) is 32.8 Å². The summed E-state index contributed by atoms with van der Waals surface area (Å²) >= 11 is 0. The lowest BCUT2D eigenvalue weighted by Gasteiger charge is -2.06. The van der Waals surface area contributed by atoms with Crippen LogP contribution >= 0.6 is 0 Å². The molecular weight excluding hydrogens is 164 g/mol. The minimum Gasteiger partial charge on any atom is -0.389 e. The normalized spacial score (nSPS) is 13.9. The SMILES string of the molecule is CC(=O)C=CC(O)CCCC(C)C. The number of rotatable bonds is 6. The highest BCUT2D eigenvalue weighted by atomic mass is 16.3. The first kappa shape index (κ1) is 12.4. The molecule has 2 heteroatoms. The molecule has 0 aliphatic carbocycles. The second-order valence-electron chi connectivity index (χ2n) is 3.86. The Hall–Kier alpha value is -0.630. The first-order valence-electron chi connectivity index (χ1n) is 4.89. The van der Waals surface area contributed by atoms with Crippen molar-refractivity contribution in [3.8, 4) is 0 Å². The van der Waals surface area contributed by atoms with Gasteiger partial charge in [-0.05, 0) is 25.3 Å². The minimum atomic E-state index is -0.456. The molecule has 0 fully saturated rings. The Kier molecular flexibility index (Phi) is 6.51. The van der Waals surface area contributed by atoms with Gasteiger partial charge in [0, 0.05) is 0 Å². The zero-order valence-corrected chi connectivity index (χ0v) is 8.79. The lowest BCUT2D eigenvalue weighted by Crippen LogP contribution is -2.03. The second kappa shape index (κ2) is 6.84. The smallest absolute Gasteiger partial charge is 0.152 e. The van der Waals surface area contributed by atoms with Crippen molar-refractivity contribution in [1.29, 1.82) is 0 Å². The van der Waals surface area contributed by atoms with Crippen molar-refractivity contribution < 1.29 is 9.90 Å². The average molecular weight is 184 g/mol. The molecule has 76 valence electrons. The highest BCUT2D eigenvalue weighted by Crippen LogP contribution is 2.08. The lowest BCUT2D eigenvalue weighted by molar-refractivity contribution is -0.112. The minimum absolute atomic E-state index is 0.0112. The third-order valence-corrected chi connectivity index (χ3v) is 1.83. The van der Waals surface area contributed by atoms with E-state index in [0.29, 0.717) is 5.92 Å². The summed E-state index contributed by atoms with van der Waals surface area (Å²) in [6.07, 6.45) is 5.44. The molecule has 0 aliphatic rings. The monoisotopic (exact) mass is 184 g/mol. The van der Waals surface area contributed by atoms with Crippen molar-refractivity contribution >= 4 is 5.78 Å². The number of hydrogen-bond acceptors (Lipinski definition) is 2. The van der Waals surface area contributed by atoms with Crippen LogP contribution in [-0.2, 0) is 4.79 Å². The molecule has 0 heterocycles. The van der Waals surface area contributed by atoms with Crippen LogP contribution < -0.4 is 0 Å². The first-order valence-corrected chi connectivity index (χ1v) is 4.89. The van der Waals surface area contributed by atoms with Gasteiger partial charge >= 0.3 is 0 Å². The van der Waals surface area contributed by atoms with Crippen LogP contribution in [0, 0.1) is 5.92 Å². The highest BCUT2D eigenvalue weighted by molar-refractivity contribution is 5.87. The fourth-order valence-electron chi connectivity index (χ4n) is 1.08. The molecular formula is C11H20O2. The summed E-state index contributed by atoms with van der Waals surface area (Å²) in [5.74, 6) is 0.673. The van der Waals surface area contributed by atoms with Crippen molar-refractivity contribution in [2.45, 2.75) is 46.1 Å². The van der Waals surface area contributed by atoms with E-state index in [4.69, 9.17) is 0 Å². The summed E-state index contributed by atoms with van der Waals surface area (Å²) in [6.45, 7) is 5.81. The summed E-state index contributed by atoms with van der Waals surface area (Å²) in [5.41, 5.74) is 0. The van der Waals surface area contributed by atoms with Gasteiger partial charge in [-0.15, -0.1) is 0 Å². The Morgan fingerprint density at radius 2 is 2.00 bits per heavy atom. The fourth-order valence-corrected chi connectivity index (χ4v) is 1.08. The molecule has 0 aromatic rings. The van der Waals surface area contributed by atoms with E-state index in [1.54, 1.807) is 6.08 Å². The molecule has 13 heavy (non-hydrogen) atoms. The van der Waals surface area contributed by atoms with Crippen LogP contribution in [0.4, 0.5) is 0 Å². The molecule has 0 saturated carbocycles. The Balaban J connectivity index is 3.51. The summed E-state index contributed by atoms with van der Waals surface area (Å²) in [6, 6.07) is 0. The van der Waals surface area contributed by atoms with Crippen LogP contribution in [0.25, 0.3) is 0 Å². The Morgan fingerprint density at radius 1 is 1.38 bits per heavy atom. The number of carbonyl (C=O) groups is 1. The largest absolute Gasteiger partial charge is 0.389 e. The molecule has 0 aromatic carbocycles. The summed E-state index contributed by atoms with van der Waals surface area (Å²) in [4.78, 5) is 10.5. The molecule has 0 saturated heterocycles. The van der Waals surface area contributed by atoms with E-state index in [1.807, 2.05) is 0 Å². The molecule has 0 aromatic heterocycles. The van der Waals surface area contributed by atoms with Crippen LogP contribution in [0.2, 0.25) is 0 Å². The van der Waals surface area contributed by atoms with Crippen LogP contribution in [0.15, 0.2) is 12.2 Å². The number of carbonyl (C=O) groups excluding carboxylic acids is 1. The molecule has 0 rings (SSSR count). The summed E-state index contributed by atoms with van der Waals surface area (Å²) in [7, 11) is 0. The molecule has 0 aliphatic heterocycles. The molecule has 1 N–H and O–H groups in total. The Morgan fingerprint density at radius 3 is 2.46 bits per heavy atom. The van der Waals surface area contributed by atoms with Gasteiger partial charge in [-0.25, -0.2) is 0 Å². The van der Waals surface area contributed by atoms with E-state index in [9.17, 15) is 9.90 Å². The standard InChI is InChI=1S/C11H20O2/c1-9(2)5-4-6-11(13)8-7-10(3)12/h7-9,11,13H,4-6H2,1-3H3. The van der Waals surface area contributed by atoms with Crippen LogP contribution in [0.5, 0.6) is 0 Å². The van der Waals surface area contributed by atoms with Gasteiger partial charge in [0.2, 0.25) is 0 Å². The van der Waals surface area contributed by atoms with Gasteiger partial charge in [0.05, 0.1) is 6.10 Å². The Labute approximate surface area is 80.7 Å². The van der Waals surface area contributed by atoms with Crippen molar-refractivity contribution in [3.63, 3.8) is 0 Å². The van der Waals surface area contributed by atoms with Crippen LogP contribution in [0.3, 0.4) is 0 Å². The van der Waals surface area contributed by atoms with E-state index < -0.39 is 6.10 Å². The molecule has 1 unspecified atom stereocenters. The lowest BCUT2D eigenvalue weighted by atomic mass is 10.0. The maximum atomic E-state index is 10.5. The van der Waals surface area contributed by atoms with Gasteiger partial charge in [0.15, 0.2) is 5.78 Å². The van der Waals surface area contributed by atoms with Gasteiger partial charge in [-0.3, -0.25) is 4.79 Å². The number of aliphatic hydroxyl groups is 1. The highest BCUT2D eigenvalue weighted by Gasteiger charge is 2.00. The zero-order valence-electron chi connectivity index (χ0n) is 8.79. The van der Waals surface area contributed by atoms with Crippen molar-refractivity contribution in [2.24, 2.45) is 5.92 Å². The average Bonchev–Trinajstić information content (AvgIpc) is 2.00. The number of allylic oxidation sites excluding steroid dienone is 1. The first-order chi connectivity index (χ1) is 6.02. The molecule has 0 radical (unpaired) electrons. The van der Waals surface area contributed by atoms with E-state index >= 15 is 0 Å². The zero-order chi connectivity index (χ0) is 10.3. The van der Waals surface area contributed by atoms with E-state index in [-0.39, 0.29) is 5.78 Å². The van der Waals surface area contributed by atoms with Crippen LogP contribution in [-0.4, -0.2) is 17.0 Å². The molecule has 0 amide bonds. The van der Waals surface area contributed by atoms with Crippen molar-refractivity contribution in [3.05, 3.63) is 12.2 Å². The summed E-state index contributed by atoms with van der Waals surface area (Å²) in [5, 5.41) is 9.37. The molecule has 1 atom stereocenters. The topological polar surface area (TPSA) is 37.3 Å². The van der Waals surface area contributed by atoms with Gasteiger partial charge in [0.25, 0.3) is 0 Å². The Bertz CT molecular complexity index is 171. The maximum absolute atomic E-state index is 10.5. The third-order valence-electron chi connectivity index (χ3n) is 1.83. The second-order valence-corrected chi connectivity index (χ2v) is 3.86. The van der Waals surface area contributed by atoms with E-state index in [0.717, 1.165) is 19.3 Å². The number of hydrogen-bond donors (Lipinski definition) is 1. The van der Waals surface area contributed by atoms with Crippen molar-refractivity contribution in [1.82, 2.24) is 0 Å². The quantitative estimate of drug-likeness (QED) is 0.643. The maximum Gasteiger partial charge on any atom is 0.152 e. The van der Waals surface area contributed by atoms with Gasteiger partial charge in [-0.2, -0.15) is 0 Å². The number of ketones is 1.